The van der Waals surface area contributed by atoms with Crippen LogP contribution >= 0.6 is 0 Å². The van der Waals surface area contributed by atoms with Gasteiger partial charge in [-0.1, -0.05) is 50.5 Å². The predicted octanol–water partition coefficient (Wildman–Crippen LogP) is 6.66. The number of ether oxygens (including phenoxy) is 3. The zero-order chi connectivity index (χ0) is 28.2. The fourth-order valence-electron chi connectivity index (χ4n) is 4.57. The lowest BCUT2D eigenvalue weighted by atomic mass is 9.95. The van der Waals surface area contributed by atoms with E-state index in [4.69, 9.17) is 14.2 Å². The van der Waals surface area contributed by atoms with Crippen LogP contribution in [-0.2, 0) is 16.0 Å². The molecule has 0 saturated heterocycles. The maximum atomic E-state index is 14.0. The second-order valence-electron chi connectivity index (χ2n) is 9.42. The predicted molar refractivity (Wildman–Crippen MR) is 153 cm³/mol. The highest BCUT2D eigenvalue weighted by Gasteiger charge is 2.32. The number of hydrogen-bond donors (Lipinski definition) is 1. The molecule has 0 fully saturated rings. The van der Waals surface area contributed by atoms with Crippen LogP contribution in [0.1, 0.15) is 62.6 Å². The number of aromatic hydroxyl groups is 1. The Labute approximate surface area is 231 Å². The monoisotopic (exact) mass is 533 g/mol. The highest BCUT2D eigenvalue weighted by Crippen LogP contribution is 2.37. The summed E-state index contributed by atoms with van der Waals surface area (Å²) in [6.45, 7) is 2.13. The largest absolute Gasteiger partial charge is 0.508 e. The number of carbonyl (C=O) groups is 2. The average molecular weight is 534 g/mol. The van der Waals surface area contributed by atoms with Crippen LogP contribution in [0.15, 0.2) is 66.7 Å². The molecule has 0 aliphatic carbocycles. The van der Waals surface area contributed by atoms with E-state index in [1.54, 1.807) is 61.6 Å². The van der Waals surface area contributed by atoms with E-state index in [0.29, 0.717) is 35.6 Å². The van der Waals surface area contributed by atoms with Crippen molar-refractivity contribution in [1.29, 1.82) is 0 Å². The molecule has 1 N–H and O–H groups in total. The minimum absolute atomic E-state index is 0.0515. The minimum atomic E-state index is -0.853. The van der Waals surface area contributed by atoms with Crippen LogP contribution in [0.3, 0.4) is 0 Å². The maximum absolute atomic E-state index is 14.0. The first-order valence-electron chi connectivity index (χ1n) is 13.4. The number of phenols is 1. The molecule has 3 rings (SSSR count). The summed E-state index contributed by atoms with van der Waals surface area (Å²) >= 11 is 0. The summed E-state index contributed by atoms with van der Waals surface area (Å²) in [4.78, 5) is 29.4. The van der Waals surface area contributed by atoms with Crippen LogP contribution in [0.2, 0.25) is 0 Å². The molecule has 3 aromatic rings. The highest BCUT2D eigenvalue weighted by molar-refractivity contribution is 6.02. The Morgan fingerprint density at radius 1 is 0.795 bits per heavy atom. The number of rotatable bonds is 15. The third-order valence-corrected chi connectivity index (χ3v) is 6.75. The lowest BCUT2D eigenvalue weighted by Crippen LogP contribution is -2.39. The van der Waals surface area contributed by atoms with Gasteiger partial charge in [-0.3, -0.25) is 14.5 Å². The van der Waals surface area contributed by atoms with E-state index < -0.39 is 6.04 Å². The van der Waals surface area contributed by atoms with Gasteiger partial charge in [-0.05, 0) is 60.4 Å². The Bertz CT molecular complexity index is 1210. The van der Waals surface area contributed by atoms with E-state index in [1.807, 2.05) is 24.3 Å². The van der Waals surface area contributed by atoms with E-state index in [1.165, 1.54) is 7.11 Å². The third kappa shape index (κ3) is 7.99. The van der Waals surface area contributed by atoms with Crippen molar-refractivity contribution in [3.63, 3.8) is 0 Å². The minimum Gasteiger partial charge on any atom is -0.508 e. The summed E-state index contributed by atoms with van der Waals surface area (Å²) in [5.41, 5.74) is 2.16. The molecular weight excluding hydrogens is 494 g/mol. The zero-order valence-corrected chi connectivity index (χ0v) is 23.3. The van der Waals surface area contributed by atoms with E-state index in [9.17, 15) is 14.7 Å². The van der Waals surface area contributed by atoms with Crippen LogP contribution in [0, 0.1) is 0 Å². The number of methoxy groups -OCH3 is 3. The van der Waals surface area contributed by atoms with Gasteiger partial charge in [0.05, 0.1) is 21.3 Å². The van der Waals surface area contributed by atoms with E-state index in [2.05, 4.69) is 6.92 Å². The van der Waals surface area contributed by atoms with Gasteiger partial charge in [0.25, 0.3) is 0 Å². The fourth-order valence-corrected chi connectivity index (χ4v) is 4.57. The number of amides is 1. The number of hydrogen-bond acceptors (Lipinski definition) is 6. The van der Waals surface area contributed by atoms with Gasteiger partial charge >= 0.3 is 0 Å². The average Bonchev–Trinajstić information content (AvgIpc) is 2.97. The summed E-state index contributed by atoms with van der Waals surface area (Å²) in [5, 5.41) is 9.91. The molecule has 7 nitrogen and oxygen atoms in total. The number of aryl methyl sites for hydroxylation is 1. The molecule has 3 aromatic carbocycles. The van der Waals surface area contributed by atoms with Crippen molar-refractivity contribution >= 4 is 17.4 Å². The first-order chi connectivity index (χ1) is 18.9. The van der Waals surface area contributed by atoms with Gasteiger partial charge in [0.1, 0.15) is 17.5 Å². The molecule has 0 spiro atoms. The zero-order valence-electron chi connectivity index (χ0n) is 23.3. The molecule has 0 aromatic heterocycles. The molecule has 0 heterocycles. The molecule has 0 radical (unpaired) electrons. The first-order valence-corrected chi connectivity index (χ1v) is 13.4. The van der Waals surface area contributed by atoms with Gasteiger partial charge in [0.2, 0.25) is 5.91 Å². The van der Waals surface area contributed by atoms with Crippen molar-refractivity contribution in [2.45, 2.75) is 57.9 Å². The van der Waals surface area contributed by atoms with Gasteiger partial charge < -0.3 is 19.3 Å². The van der Waals surface area contributed by atoms with Crippen LogP contribution in [-0.4, -0.2) is 38.1 Å². The third-order valence-electron chi connectivity index (χ3n) is 6.75. The summed E-state index contributed by atoms with van der Waals surface area (Å²) in [5.74, 6) is 1.58. The lowest BCUT2D eigenvalue weighted by molar-refractivity contribution is -0.125. The first kappa shape index (κ1) is 29.6. The van der Waals surface area contributed by atoms with Crippen LogP contribution in [0.5, 0.6) is 23.0 Å². The second kappa shape index (κ2) is 14.8. The Hall–Kier alpha value is -4.00. The number of carbonyl (C=O) groups excluding carboxylic acids is 2. The van der Waals surface area contributed by atoms with Crippen LogP contribution < -0.4 is 19.1 Å². The number of phenolic OH excluding ortho intramolecular Hbond substituents is 1. The van der Waals surface area contributed by atoms with E-state index >= 15 is 0 Å². The Morgan fingerprint density at radius 3 is 2.10 bits per heavy atom. The van der Waals surface area contributed by atoms with Crippen molar-refractivity contribution in [3.05, 3.63) is 77.9 Å². The van der Waals surface area contributed by atoms with Gasteiger partial charge in [-0.15, -0.1) is 0 Å². The number of unbranched alkanes of at least 4 members (excludes halogenated alkanes) is 3. The number of benzene rings is 3. The van der Waals surface area contributed by atoms with Gasteiger partial charge in [-0.2, -0.15) is 0 Å². The van der Waals surface area contributed by atoms with E-state index in [-0.39, 0.29) is 23.9 Å². The van der Waals surface area contributed by atoms with Crippen molar-refractivity contribution in [1.82, 2.24) is 0 Å². The molecule has 7 heteroatoms. The summed E-state index contributed by atoms with van der Waals surface area (Å²) in [7, 11) is 4.70. The number of nitrogens with zero attached hydrogens (tertiary/aromatic N) is 1. The van der Waals surface area contributed by atoms with Crippen molar-refractivity contribution in [2.75, 3.05) is 26.2 Å². The Balaban J connectivity index is 2.02. The number of anilines is 1. The Kier molecular flexibility index (Phi) is 11.2. The second-order valence-corrected chi connectivity index (χ2v) is 9.42. The molecule has 0 saturated carbocycles. The van der Waals surface area contributed by atoms with Crippen molar-refractivity contribution in [2.24, 2.45) is 0 Å². The van der Waals surface area contributed by atoms with Crippen molar-refractivity contribution < 1.29 is 28.9 Å². The molecule has 0 bridgehead atoms. The molecule has 1 unspecified atom stereocenters. The fraction of sp³-hybridized carbons (Fsp3) is 0.375. The standard InChI is InChI=1S/C32H39NO6/c1-5-6-7-8-9-28(35)32(24-13-16-26(34)17-14-24)33(25-15-20-29(38-3)30(22-25)39-4)31(36)21-12-23-10-18-27(37-2)19-11-23/h10-11,13-20,22,32,34H,5-9,12,21H2,1-4H3. The molecule has 0 aliphatic heterocycles. The smallest absolute Gasteiger partial charge is 0.228 e. The molecule has 39 heavy (non-hydrogen) atoms. The Morgan fingerprint density at radius 2 is 1.49 bits per heavy atom. The van der Waals surface area contributed by atoms with Crippen LogP contribution in [0.4, 0.5) is 5.69 Å². The SMILES string of the molecule is CCCCCCC(=O)C(c1ccc(O)cc1)N(C(=O)CCc1ccc(OC)cc1)c1ccc(OC)c(OC)c1. The molecular formula is C32H39NO6. The van der Waals surface area contributed by atoms with Crippen LogP contribution in [0.25, 0.3) is 0 Å². The number of Topliss-reactive ketones (excluding diaryl/α,β-unsaturated/α-hetero) is 1. The summed E-state index contributed by atoms with van der Waals surface area (Å²) in [6, 6.07) is 18.5. The molecule has 1 atom stereocenters. The summed E-state index contributed by atoms with van der Waals surface area (Å²) < 4.78 is 16.2. The van der Waals surface area contributed by atoms with E-state index in [0.717, 1.165) is 37.0 Å². The maximum Gasteiger partial charge on any atom is 0.228 e. The highest BCUT2D eigenvalue weighted by atomic mass is 16.5. The molecule has 1 amide bonds. The molecule has 0 aliphatic rings. The quantitative estimate of drug-likeness (QED) is 0.220. The molecule has 208 valence electrons. The summed E-state index contributed by atoms with van der Waals surface area (Å²) in [6.07, 6.45) is 4.86. The lowest BCUT2D eigenvalue weighted by Gasteiger charge is -2.32. The topological polar surface area (TPSA) is 85.3 Å². The van der Waals surface area contributed by atoms with Gasteiger partial charge in [0.15, 0.2) is 17.3 Å². The van der Waals surface area contributed by atoms with Crippen molar-refractivity contribution in [3.8, 4) is 23.0 Å². The normalized spacial score (nSPS) is 11.5. The van der Waals surface area contributed by atoms with Gasteiger partial charge in [-0.25, -0.2) is 0 Å². The number of ketones is 1. The van der Waals surface area contributed by atoms with Gasteiger partial charge in [0, 0.05) is 24.6 Å².